The third-order valence-electron chi connectivity index (χ3n) is 8.45. The molecule has 2 nitrogen and oxygen atoms in total. The summed E-state index contributed by atoms with van der Waals surface area (Å²) in [5.41, 5.74) is 7.39. The van der Waals surface area contributed by atoms with Crippen LogP contribution < -0.4 is 4.90 Å². The van der Waals surface area contributed by atoms with E-state index >= 15 is 0 Å². The molecular formula is C40H25NOS. The summed E-state index contributed by atoms with van der Waals surface area (Å²) < 4.78 is 9.14. The molecule has 7 aromatic carbocycles. The first-order valence-electron chi connectivity index (χ1n) is 14.5. The van der Waals surface area contributed by atoms with Crippen molar-refractivity contribution in [1.82, 2.24) is 0 Å². The van der Waals surface area contributed by atoms with Crippen molar-refractivity contribution in [3.05, 3.63) is 152 Å². The van der Waals surface area contributed by atoms with E-state index in [1.165, 1.54) is 42.1 Å². The Labute approximate surface area is 252 Å². The van der Waals surface area contributed by atoms with Gasteiger partial charge in [0.25, 0.3) is 0 Å². The molecule has 0 aliphatic heterocycles. The molecule has 0 fully saturated rings. The number of rotatable bonds is 4. The molecule has 0 radical (unpaired) electrons. The summed E-state index contributed by atoms with van der Waals surface area (Å²) in [6, 6.07) is 54.3. The summed E-state index contributed by atoms with van der Waals surface area (Å²) >= 11 is 1.84. The molecule has 0 bridgehead atoms. The lowest BCUT2D eigenvalue weighted by Crippen LogP contribution is -2.10. The van der Waals surface area contributed by atoms with E-state index in [0.29, 0.717) is 0 Å². The smallest absolute Gasteiger partial charge is 0.159 e. The van der Waals surface area contributed by atoms with Crippen LogP contribution in [0.25, 0.3) is 64.0 Å². The van der Waals surface area contributed by atoms with Gasteiger partial charge < -0.3 is 9.32 Å². The highest BCUT2D eigenvalue weighted by Gasteiger charge is 2.20. The number of hydrogen-bond acceptors (Lipinski definition) is 3. The van der Waals surface area contributed by atoms with Gasteiger partial charge in [0.1, 0.15) is 5.58 Å². The highest BCUT2D eigenvalue weighted by atomic mass is 32.1. The molecule has 0 atom stereocenters. The summed E-state index contributed by atoms with van der Waals surface area (Å²) in [7, 11) is 0. The van der Waals surface area contributed by atoms with Gasteiger partial charge in [0.05, 0.1) is 5.69 Å². The molecule has 0 spiro atoms. The van der Waals surface area contributed by atoms with Gasteiger partial charge >= 0.3 is 0 Å². The van der Waals surface area contributed by atoms with E-state index in [1.54, 1.807) is 0 Å². The molecule has 3 heteroatoms. The molecule has 0 N–H and O–H groups in total. The lowest BCUT2D eigenvalue weighted by atomic mass is 10.0. The average molecular weight is 568 g/mol. The van der Waals surface area contributed by atoms with E-state index < -0.39 is 0 Å². The zero-order valence-corrected chi connectivity index (χ0v) is 24.0. The van der Waals surface area contributed by atoms with Gasteiger partial charge in [-0.05, 0) is 76.5 Å². The Morgan fingerprint density at radius 1 is 0.442 bits per heavy atom. The van der Waals surface area contributed by atoms with Crippen LogP contribution in [0.3, 0.4) is 0 Å². The van der Waals surface area contributed by atoms with Crippen molar-refractivity contribution in [2.45, 2.75) is 0 Å². The molecule has 2 heterocycles. The zero-order valence-electron chi connectivity index (χ0n) is 23.2. The fraction of sp³-hybridized carbons (Fsp3) is 0. The van der Waals surface area contributed by atoms with E-state index in [2.05, 4.69) is 144 Å². The summed E-state index contributed by atoms with van der Waals surface area (Å²) in [5.74, 6) is 0. The van der Waals surface area contributed by atoms with Crippen LogP contribution in [0.1, 0.15) is 0 Å². The van der Waals surface area contributed by atoms with Gasteiger partial charge in [-0.3, -0.25) is 0 Å². The number of furan rings is 1. The molecule has 0 amide bonds. The Balaban J connectivity index is 1.24. The van der Waals surface area contributed by atoms with E-state index in [0.717, 1.165) is 39.0 Å². The number of fused-ring (bicyclic) bond motifs is 7. The summed E-state index contributed by atoms with van der Waals surface area (Å²) in [6.07, 6.45) is 0. The molecule has 0 aliphatic carbocycles. The van der Waals surface area contributed by atoms with E-state index in [4.69, 9.17) is 4.42 Å². The minimum atomic E-state index is 0.887. The molecule has 9 aromatic rings. The molecular weight excluding hydrogens is 543 g/mol. The highest BCUT2D eigenvalue weighted by molar-refractivity contribution is 7.25. The third kappa shape index (κ3) is 3.93. The number of thiophene rings is 1. The summed E-state index contributed by atoms with van der Waals surface area (Å²) in [4.78, 5) is 2.33. The Morgan fingerprint density at radius 3 is 2.05 bits per heavy atom. The topological polar surface area (TPSA) is 16.4 Å². The third-order valence-corrected chi connectivity index (χ3v) is 9.60. The van der Waals surface area contributed by atoms with Crippen LogP contribution in [0.5, 0.6) is 0 Å². The fourth-order valence-electron chi connectivity index (χ4n) is 6.36. The maximum Gasteiger partial charge on any atom is 0.159 e. The Bertz CT molecular complexity index is 2470. The van der Waals surface area contributed by atoms with Crippen LogP contribution in [0.4, 0.5) is 17.1 Å². The van der Waals surface area contributed by atoms with Gasteiger partial charge in [-0.2, -0.15) is 0 Å². The molecule has 0 aliphatic rings. The summed E-state index contributed by atoms with van der Waals surface area (Å²) in [5, 5.41) is 7.31. The van der Waals surface area contributed by atoms with Gasteiger partial charge in [-0.25, -0.2) is 0 Å². The van der Waals surface area contributed by atoms with Crippen molar-refractivity contribution in [2.75, 3.05) is 4.90 Å². The van der Waals surface area contributed by atoms with E-state index in [-0.39, 0.29) is 0 Å². The van der Waals surface area contributed by atoms with Crippen LogP contribution in [0.2, 0.25) is 0 Å². The molecule has 0 saturated carbocycles. The zero-order chi connectivity index (χ0) is 28.3. The lowest BCUT2D eigenvalue weighted by Gasteiger charge is -2.26. The number of nitrogens with zero attached hydrogens (tertiary/aromatic N) is 1. The highest BCUT2D eigenvalue weighted by Crippen LogP contribution is 2.44. The number of hydrogen-bond donors (Lipinski definition) is 0. The van der Waals surface area contributed by atoms with Crippen LogP contribution in [-0.4, -0.2) is 0 Å². The van der Waals surface area contributed by atoms with Gasteiger partial charge in [0.15, 0.2) is 5.58 Å². The van der Waals surface area contributed by atoms with Crippen molar-refractivity contribution in [3.8, 4) is 11.1 Å². The van der Waals surface area contributed by atoms with Crippen molar-refractivity contribution >= 4 is 81.3 Å². The van der Waals surface area contributed by atoms with Crippen LogP contribution in [-0.2, 0) is 0 Å². The first kappa shape index (κ1) is 24.2. The maximum absolute atomic E-state index is 6.54. The van der Waals surface area contributed by atoms with Crippen molar-refractivity contribution in [2.24, 2.45) is 0 Å². The fourth-order valence-corrected chi connectivity index (χ4v) is 7.45. The number of benzene rings is 7. The second kappa shape index (κ2) is 9.59. The monoisotopic (exact) mass is 567 g/mol. The SMILES string of the molecule is c1ccc2cc(-c3ccc(N(c4ccc5sc6ccccc6c5c4)c4cccc5c4oc4ccccc45)cc3)ccc2c1. The normalized spacial score (nSPS) is 11.7. The van der Waals surface area contributed by atoms with E-state index in [1.807, 2.05) is 23.5 Å². The minimum absolute atomic E-state index is 0.887. The Hall–Kier alpha value is -5.38. The van der Waals surface area contributed by atoms with E-state index in [9.17, 15) is 0 Å². The lowest BCUT2D eigenvalue weighted by molar-refractivity contribution is 0.669. The molecule has 202 valence electrons. The standard InChI is InChI=1S/C40H25NOS/c1-2-9-28-24-29(17-16-26(28)8-1)27-18-20-30(21-19-27)41(31-22-23-39-35(25-31)33-11-4-6-15-38(33)43-39)36-13-7-12-34-32-10-3-5-14-37(32)42-40(34)36/h1-25H. The first-order chi connectivity index (χ1) is 21.3. The van der Waals surface area contributed by atoms with Crippen LogP contribution in [0, 0.1) is 0 Å². The van der Waals surface area contributed by atoms with Gasteiger partial charge in [-0.1, -0.05) is 97.1 Å². The van der Waals surface area contributed by atoms with Crippen molar-refractivity contribution in [3.63, 3.8) is 0 Å². The molecule has 43 heavy (non-hydrogen) atoms. The molecule has 2 aromatic heterocycles. The summed E-state index contributed by atoms with van der Waals surface area (Å²) in [6.45, 7) is 0. The largest absolute Gasteiger partial charge is 0.454 e. The van der Waals surface area contributed by atoms with Crippen molar-refractivity contribution < 1.29 is 4.42 Å². The van der Waals surface area contributed by atoms with Crippen LogP contribution >= 0.6 is 11.3 Å². The molecule has 0 saturated heterocycles. The minimum Gasteiger partial charge on any atom is -0.454 e. The predicted molar refractivity (Wildman–Crippen MR) is 184 cm³/mol. The average Bonchev–Trinajstić information content (AvgIpc) is 3.64. The van der Waals surface area contributed by atoms with Crippen LogP contribution in [0.15, 0.2) is 156 Å². The first-order valence-corrected chi connectivity index (χ1v) is 15.3. The van der Waals surface area contributed by atoms with Gasteiger partial charge in [-0.15, -0.1) is 11.3 Å². The Kier molecular flexibility index (Phi) is 5.40. The second-order valence-corrected chi connectivity index (χ2v) is 12.1. The molecule has 9 rings (SSSR count). The second-order valence-electron chi connectivity index (χ2n) is 11.0. The Morgan fingerprint density at radius 2 is 1.14 bits per heavy atom. The van der Waals surface area contributed by atoms with Gasteiger partial charge in [0.2, 0.25) is 0 Å². The maximum atomic E-state index is 6.54. The molecule has 0 unspecified atom stereocenters. The quantitative estimate of drug-likeness (QED) is 0.210. The number of anilines is 3. The van der Waals surface area contributed by atoms with Crippen molar-refractivity contribution in [1.29, 1.82) is 0 Å². The van der Waals surface area contributed by atoms with Gasteiger partial charge in [0, 0.05) is 42.3 Å². The predicted octanol–water partition coefficient (Wildman–Crippen LogP) is 12.2. The number of para-hydroxylation sites is 2.